The molecule has 0 saturated carbocycles. The van der Waals surface area contributed by atoms with Crippen molar-refractivity contribution in [3.05, 3.63) is 65.0 Å². The lowest BCUT2D eigenvalue weighted by atomic mass is 10.1. The van der Waals surface area contributed by atoms with Gasteiger partial charge in [0.05, 0.1) is 11.5 Å². The maximum absolute atomic E-state index is 12.3. The summed E-state index contributed by atoms with van der Waals surface area (Å²) in [6, 6.07) is 10.2. The smallest absolute Gasteiger partial charge is 0.270 e. The van der Waals surface area contributed by atoms with Gasteiger partial charge in [0.25, 0.3) is 11.8 Å². The highest BCUT2D eigenvalue weighted by Gasteiger charge is 2.29. The quantitative estimate of drug-likeness (QED) is 0.803. The van der Waals surface area contributed by atoms with Gasteiger partial charge >= 0.3 is 0 Å². The van der Waals surface area contributed by atoms with Crippen LogP contribution in [0, 0.1) is 6.92 Å². The van der Waals surface area contributed by atoms with Crippen molar-refractivity contribution >= 4 is 21.7 Å². The van der Waals surface area contributed by atoms with Crippen LogP contribution in [0.1, 0.15) is 38.4 Å². The molecule has 2 heterocycles. The number of amides is 2. The molecule has 2 N–H and O–H groups in total. The maximum atomic E-state index is 12.3. The molecule has 1 fully saturated rings. The lowest BCUT2D eigenvalue weighted by molar-refractivity contribution is 0.0941. The second kappa shape index (κ2) is 7.87. The van der Waals surface area contributed by atoms with Gasteiger partial charge in [-0.05, 0) is 36.6 Å². The minimum Gasteiger partial charge on any atom is -0.348 e. The Bertz CT molecular complexity index is 972. The first kappa shape index (κ1) is 19.0. The highest BCUT2D eigenvalue weighted by atomic mass is 32.2. The van der Waals surface area contributed by atoms with Crippen LogP contribution in [0.25, 0.3) is 0 Å². The van der Waals surface area contributed by atoms with Gasteiger partial charge in [-0.3, -0.25) is 14.6 Å². The minimum absolute atomic E-state index is 0.0480. The van der Waals surface area contributed by atoms with E-state index in [1.165, 1.54) is 18.3 Å². The van der Waals surface area contributed by atoms with Crippen molar-refractivity contribution in [3.8, 4) is 0 Å². The van der Waals surface area contributed by atoms with E-state index in [1.807, 2.05) is 31.2 Å². The fourth-order valence-corrected chi connectivity index (χ4v) is 4.62. The second-order valence-electron chi connectivity index (χ2n) is 6.61. The summed E-state index contributed by atoms with van der Waals surface area (Å²) < 4.78 is 23.0. The van der Waals surface area contributed by atoms with Crippen molar-refractivity contribution in [2.45, 2.75) is 25.9 Å². The standard InChI is InChI=1S/C19H21N3O4S/c1-13-4-2-3-5-15(13)11-21-19(24)17-10-14(6-8-20-17)18(23)22-16-7-9-27(25,26)12-16/h2-6,8,10,16H,7,9,11-12H2,1H3,(H,21,24)(H,22,23). The van der Waals surface area contributed by atoms with E-state index in [-0.39, 0.29) is 28.7 Å². The van der Waals surface area contributed by atoms with Gasteiger partial charge in [0.2, 0.25) is 0 Å². The number of aromatic nitrogens is 1. The van der Waals surface area contributed by atoms with E-state index in [4.69, 9.17) is 0 Å². The number of rotatable bonds is 5. The molecule has 1 saturated heterocycles. The first-order valence-electron chi connectivity index (χ1n) is 8.64. The first-order valence-corrected chi connectivity index (χ1v) is 10.5. The molecule has 1 atom stereocenters. The highest BCUT2D eigenvalue weighted by molar-refractivity contribution is 7.91. The number of benzene rings is 1. The Labute approximate surface area is 158 Å². The molecule has 1 aliphatic rings. The third-order valence-electron chi connectivity index (χ3n) is 4.52. The monoisotopic (exact) mass is 387 g/mol. The topological polar surface area (TPSA) is 105 Å². The van der Waals surface area contributed by atoms with E-state index in [9.17, 15) is 18.0 Å². The number of carbonyl (C=O) groups is 2. The molecule has 142 valence electrons. The Kier molecular flexibility index (Phi) is 5.55. The highest BCUT2D eigenvalue weighted by Crippen LogP contribution is 2.12. The number of nitrogens with zero attached hydrogens (tertiary/aromatic N) is 1. The number of pyridine rings is 1. The van der Waals surface area contributed by atoms with Crippen molar-refractivity contribution in [1.29, 1.82) is 0 Å². The zero-order chi connectivity index (χ0) is 19.4. The summed E-state index contributed by atoms with van der Waals surface area (Å²) in [5, 5.41) is 5.50. The number of sulfone groups is 1. The van der Waals surface area contributed by atoms with Crippen LogP contribution in [0.4, 0.5) is 0 Å². The lowest BCUT2D eigenvalue weighted by Crippen LogP contribution is -2.35. The van der Waals surface area contributed by atoms with E-state index in [0.29, 0.717) is 13.0 Å². The molecule has 2 amide bonds. The van der Waals surface area contributed by atoms with Gasteiger partial charge in [-0.15, -0.1) is 0 Å². The lowest BCUT2D eigenvalue weighted by Gasteiger charge is -2.11. The fraction of sp³-hybridized carbons (Fsp3) is 0.316. The molecule has 2 aromatic rings. The van der Waals surface area contributed by atoms with Crippen LogP contribution in [0.15, 0.2) is 42.6 Å². The van der Waals surface area contributed by atoms with E-state index in [1.54, 1.807) is 0 Å². The number of hydrogen-bond donors (Lipinski definition) is 2. The van der Waals surface area contributed by atoms with Crippen LogP contribution < -0.4 is 10.6 Å². The van der Waals surface area contributed by atoms with Gasteiger partial charge in [-0.1, -0.05) is 24.3 Å². The van der Waals surface area contributed by atoms with Crippen molar-refractivity contribution in [2.24, 2.45) is 0 Å². The SMILES string of the molecule is Cc1ccccc1CNC(=O)c1cc(C(=O)NC2CCS(=O)(=O)C2)ccn1. The summed E-state index contributed by atoms with van der Waals surface area (Å²) in [6.45, 7) is 2.33. The Morgan fingerprint density at radius 3 is 2.67 bits per heavy atom. The van der Waals surface area contributed by atoms with Gasteiger partial charge in [-0.25, -0.2) is 8.42 Å². The Hall–Kier alpha value is -2.74. The van der Waals surface area contributed by atoms with Gasteiger partial charge in [-0.2, -0.15) is 0 Å². The summed E-state index contributed by atoms with van der Waals surface area (Å²) in [7, 11) is -3.07. The van der Waals surface area contributed by atoms with Gasteiger partial charge in [0.1, 0.15) is 5.69 Å². The van der Waals surface area contributed by atoms with Gasteiger partial charge in [0.15, 0.2) is 9.84 Å². The molecule has 0 aliphatic carbocycles. The molecule has 0 bridgehead atoms. The molecule has 8 heteroatoms. The summed E-state index contributed by atoms with van der Waals surface area (Å²) in [5.41, 5.74) is 2.48. The molecule has 1 aromatic carbocycles. The Morgan fingerprint density at radius 2 is 1.96 bits per heavy atom. The number of aryl methyl sites for hydroxylation is 1. The summed E-state index contributed by atoms with van der Waals surface area (Å²) in [6.07, 6.45) is 1.80. The van der Waals surface area contributed by atoms with E-state index in [2.05, 4.69) is 15.6 Å². The van der Waals surface area contributed by atoms with Crippen molar-refractivity contribution in [1.82, 2.24) is 15.6 Å². The first-order chi connectivity index (χ1) is 12.8. The average molecular weight is 387 g/mol. The number of carbonyl (C=O) groups excluding carboxylic acids is 2. The summed E-state index contributed by atoms with van der Waals surface area (Å²) in [4.78, 5) is 28.7. The van der Waals surface area contributed by atoms with Crippen molar-refractivity contribution < 1.29 is 18.0 Å². The summed E-state index contributed by atoms with van der Waals surface area (Å²) >= 11 is 0. The minimum atomic E-state index is -3.07. The zero-order valence-electron chi connectivity index (χ0n) is 14.9. The molecular weight excluding hydrogens is 366 g/mol. The van der Waals surface area contributed by atoms with Crippen molar-refractivity contribution in [2.75, 3.05) is 11.5 Å². The largest absolute Gasteiger partial charge is 0.348 e. The molecular formula is C19H21N3O4S. The molecule has 0 spiro atoms. The van der Waals surface area contributed by atoms with Gasteiger partial charge in [0, 0.05) is 24.3 Å². The predicted molar refractivity (Wildman–Crippen MR) is 101 cm³/mol. The maximum Gasteiger partial charge on any atom is 0.270 e. The van der Waals surface area contributed by atoms with Crippen molar-refractivity contribution in [3.63, 3.8) is 0 Å². The number of nitrogens with one attached hydrogen (secondary N) is 2. The molecule has 1 unspecified atom stereocenters. The van der Waals surface area contributed by atoms with Crippen LogP contribution in [0.3, 0.4) is 0 Å². The number of hydrogen-bond acceptors (Lipinski definition) is 5. The average Bonchev–Trinajstić information content (AvgIpc) is 2.99. The van der Waals surface area contributed by atoms with E-state index >= 15 is 0 Å². The molecule has 3 rings (SSSR count). The Balaban J connectivity index is 1.63. The molecule has 1 aromatic heterocycles. The third kappa shape index (κ3) is 4.91. The molecule has 27 heavy (non-hydrogen) atoms. The summed E-state index contributed by atoms with van der Waals surface area (Å²) in [5.74, 6) is -0.752. The van der Waals surface area contributed by atoms with Crippen LogP contribution in [0.2, 0.25) is 0 Å². The molecule has 7 nitrogen and oxygen atoms in total. The predicted octanol–water partition coefficient (Wildman–Crippen LogP) is 1.24. The van der Waals surface area contributed by atoms with Crippen LogP contribution >= 0.6 is 0 Å². The third-order valence-corrected chi connectivity index (χ3v) is 6.29. The van der Waals surface area contributed by atoms with E-state index < -0.39 is 21.8 Å². The van der Waals surface area contributed by atoms with Gasteiger partial charge < -0.3 is 10.6 Å². The van der Waals surface area contributed by atoms with E-state index in [0.717, 1.165) is 11.1 Å². The zero-order valence-corrected chi connectivity index (χ0v) is 15.8. The van der Waals surface area contributed by atoms with Crippen LogP contribution in [-0.2, 0) is 16.4 Å². The Morgan fingerprint density at radius 1 is 1.19 bits per heavy atom. The molecule has 0 radical (unpaired) electrons. The normalized spacial score (nSPS) is 18.0. The van der Waals surface area contributed by atoms with Crippen LogP contribution in [0.5, 0.6) is 0 Å². The van der Waals surface area contributed by atoms with Crippen LogP contribution in [-0.4, -0.2) is 42.8 Å². The fourth-order valence-electron chi connectivity index (χ4n) is 2.95. The second-order valence-corrected chi connectivity index (χ2v) is 8.84. The molecule has 1 aliphatic heterocycles.